The van der Waals surface area contributed by atoms with E-state index in [4.69, 9.17) is 0 Å². The normalized spacial score (nSPS) is 25.5. The van der Waals surface area contributed by atoms with Gasteiger partial charge in [0.15, 0.2) is 0 Å². The van der Waals surface area contributed by atoms with E-state index >= 15 is 0 Å². The molecule has 2 atom stereocenters. The monoisotopic (exact) mass is 324 g/mol. The summed E-state index contributed by atoms with van der Waals surface area (Å²) in [5, 5.41) is 16.7. The third kappa shape index (κ3) is 2.46. The first-order chi connectivity index (χ1) is 11.3. The van der Waals surface area contributed by atoms with Gasteiger partial charge in [0.2, 0.25) is 5.91 Å². The number of rotatable bonds is 3. The van der Waals surface area contributed by atoms with Crippen molar-refractivity contribution in [3.63, 3.8) is 0 Å². The van der Waals surface area contributed by atoms with E-state index in [1.165, 1.54) is 0 Å². The third-order valence-electron chi connectivity index (χ3n) is 6.01. The molecule has 0 radical (unpaired) electrons. The number of benzene rings is 2. The SMILES string of the molecule is CC1(C)[C@@H](C(=O)Nc2ccc3ccccc3c2)CC[C@@]1(C)C(=O)[O-]. The molecule has 0 aliphatic heterocycles. The predicted molar refractivity (Wildman–Crippen MR) is 92.2 cm³/mol. The van der Waals surface area contributed by atoms with Crippen molar-refractivity contribution in [3.05, 3.63) is 42.5 Å². The Morgan fingerprint density at radius 2 is 1.75 bits per heavy atom. The van der Waals surface area contributed by atoms with Crippen LogP contribution in [0.5, 0.6) is 0 Å². The summed E-state index contributed by atoms with van der Waals surface area (Å²) in [5.41, 5.74) is -0.915. The van der Waals surface area contributed by atoms with Crippen molar-refractivity contribution in [3.8, 4) is 0 Å². The molecule has 0 saturated heterocycles. The maximum atomic E-state index is 12.8. The molecule has 1 aliphatic rings. The van der Waals surface area contributed by atoms with Crippen LogP contribution in [0, 0.1) is 16.7 Å². The summed E-state index contributed by atoms with van der Waals surface area (Å²) >= 11 is 0. The summed E-state index contributed by atoms with van der Waals surface area (Å²) < 4.78 is 0. The summed E-state index contributed by atoms with van der Waals surface area (Å²) in [6.45, 7) is 5.38. The zero-order valence-electron chi connectivity index (χ0n) is 14.3. The van der Waals surface area contributed by atoms with Crippen LogP contribution in [-0.4, -0.2) is 11.9 Å². The summed E-state index contributed by atoms with van der Waals surface area (Å²) in [4.78, 5) is 24.3. The molecule has 1 aliphatic carbocycles. The van der Waals surface area contributed by atoms with Crippen molar-refractivity contribution in [1.29, 1.82) is 0 Å². The average molecular weight is 324 g/mol. The molecule has 1 N–H and O–H groups in total. The number of carbonyl (C=O) groups is 2. The Morgan fingerprint density at radius 1 is 1.08 bits per heavy atom. The van der Waals surface area contributed by atoms with Crippen LogP contribution in [0.15, 0.2) is 42.5 Å². The lowest BCUT2D eigenvalue weighted by Gasteiger charge is -2.41. The van der Waals surface area contributed by atoms with Gasteiger partial charge in [0.05, 0.1) is 0 Å². The second-order valence-corrected chi connectivity index (χ2v) is 7.48. The topological polar surface area (TPSA) is 69.2 Å². The van der Waals surface area contributed by atoms with Crippen LogP contribution in [0.4, 0.5) is 5.69 Å². The van der Waals surface area contributed by atoms with Gasteiger partial charge in [-0.2, -0.15) is 0 Å². The van der Waals surface area contributed by atoms with Gasteiger partial charge in [-0.1, -0.05) is 51.1 Å². The van der Waals surface area contributed by atoms with Crippen molar-refractivity contribution in [2.24, 2.45) is 16.7 Å². The number of carbonyl (C=O) groups excluding carboxylic acids is 2. The zero-order chi connectivity index (χ0) is 17.5. The van der Waals surface area contributed by atoms with Crippen LogP contribution in [-0.2, 0) is 9.59 Å². The molecule has 2 aromatic rings. The number of nitrogens with one attached hydrogen (secondary N) is 1. The molecule has 2 aromatic carbocycles. The molecule has 0 bridgehead atoms. The van der Waals surface area contributed by atoms with E-state index in [0.717, 1.165) is 16.5 Å². The molecule has 4 heteroatoms. The molecular weight excluding hydrogens is 302 g/mol. The first kappa shape index (κ1) is 16.5. The minimum absolute atomic E-state index is 0.125. The van der Waals surface area contributed by atoms with E-state index in [1.54, 1.807) is 6.92 Å². The molecule has 24 heavy (non-hydrogen) atoms. The van der Waals surface area contributed by atoms with Crippen LogP contribution in [0.3, 0.4) is 0 Å². The molecule has 126 valence electrons. The Bertz CT molecular complexity index is 811. The lowest BCUT2D eigenvalue weighted by molar-refractivity contribution is -0.323. The second kappa shape index (κ2) is 5.62. The van der Waals surface area contributed by atoms with Gasteiger partial charge in [0.1, 0.15) is 0 Å². The van der Waals surface area contributed by atoms with E-state index in [0.29, 0.717) is 12.8 Å². The highest BCUT2D eigenvalue weighted by molar-refractivity contribution is 5.96. The van der Waals surface area contributed by atoms with Gasteiger partial charge in [-0.3, -0.25) is 4.79 Å². The lowest BCUT2D eigenvalue weighted by atomic mass is 9.65. The minimum atomic E-state index is -1.08. The number of aliphatic carboxylic acids is 1. The Morgan fingerprint density at radius 3 is 2.38 bits per heavy atom. The van der Waals surface area contributed by atoms with Crippen molar-refractivity contribution < 1.29 is 14.7 Å². The molecule has 0 spiro atoms. The largest absolute Gasteiger partial charge is 0.550 e. The maximum Gasteiger partial charge on any atom is 0.228 e. The number of fused-ring (bicyclic) bond motifs is 1. The quantitative estimate of drug-likeness (QED) is 0.943. The van der Waals surface area contributed by atoms with E-state index < -0.39 is 16.8 Å². The van der Waals surface area contributed by atoms with E-state index in [9.17, 15) is 14.7 Å². The van der Waals surface area contributed by atoms with Crippen LogP contribution in [0.25, 0.3) is 10.8 Å². The standard InChI is InChI=1S/C20H23NO3/c1-19(2)16(10-11-20(19,3)18(23)24)17(22)21-15-9-8-13-6-4-5-7-14(13)12-15/h4-9,12,16H,10-11H2,1-3H3,(H,21,22)(H,23,24)/p-1/t16-,20+/m1/s1. The van der Waals surface area contributed by atoms with Crippen molar-refractivity contribution in [2.45, 2.75) is 33.6 Å². The molecule has 3 rings (SSSR count). The minimum Gasteiger partial charge on any atom is -0.550 e. The van der Waals surface area contributed by atoms with Gasteiger partial charge in [0.25, 0.3) is 0 Å². The number of anilines is 1. The fourth-order valence-corrected chi connectivity index (χ4v) is 3.82. The molecule has 4 nitrogen and oxygen atoms in total. The van der Waals surface area contributed by atoms with Crippen LogP contribution in [0.2, 0.25) is 0 Å². The molecular formula is C20H22NO3-. The predicted octanol–water partition coefficient (Wildman–Crippen LogP) is 2.97. The van der Waals surface area contributed by atoms with Crippen molar-refractivity contribution in [2.75, 3.05) is 5.32 Å². The van der Waals surface area contributed by atoms with E-state index in [2.05, 4.69) is 5.32 Å². The molecule has 0 heterocycles. The molecule has 1 amide bonds. The Labute approximate surface area is 141 Å². The van der Waals surface area contributed by atoms with Crippen LogP contribution in [0.1, 0.15) is 33.6 Å². The summed E-state index contributed by atoms with van der Waals surface area (Å²) in [6, 6.07) is 13.7. The summed E-state index contributed by atoms with van der Waals surface area (Å²) in [5.74, 6) is -1.55. The fraction of sp³-hybridized carbons (Fsp3) is 0.400. The second-order valence-electron chi connectivity index (χ2n) is 7.48. The zero-order valence-corrected chi connectivity index (χ0v) is 14.3. The van der Waals surface area contributed by atoms with Gasteiger partial charge in [-0.05, 0) is 41.2 Å². The van der Waals surface area contributed by atoms with Crippen molar-refractivity contribution in [1.82, 2.24) is 0 Å². The van der Waals surface area contributed by atoms with Gasteiger partial charge < -0.3 is 15.2 Å². The van der Waals surface area contributed by atoms with E-state index in [-0.39, 0.29) is 11.8 Å². The van der Waals surface area contributed by atoms with Gasteiger partial charge in [-0.25, -0.2) is 0 Å². The number of carboxylic acid groups (broad SMARTS) is 1. The van der Waals surface area contributed by atoms with Gasteiger partial charge in [0, 0.05) is 23.0 Å². The highest BCUT2D eigenvalue weighted by atomic mass is 16.4. The third-order valence-corrected chi connectivity index (χ3v) is 6.01. The number of hydrogen-bond acceptors (Lipinski definition) is 3. The van der Waals surface area contributed by atoms with Crippen molar-refractivity contribution >= 4 is 28.3 Å². The Balaban J connectivity index is 1.83. The average Bonchev–Trinajstić information content (AvgIpc) is 2.78. The first-order valence-corrected chi connectivity index (χ1v) is 8.27. The fourth-order valence-electron chi connectivity index (χ4n) is 3.82. The molecule has 1 saturated carbocycles. The molecule has 0 aromatic heterocycles. The maximum absolute atomic E-state index is 12.8. The number of hydrogen-bond donors (Lipinski definition) is 1. The smallest absolute Gasteiger partial charge is 0.228 e. The van der Waals surface area contributed by atoms with Gasteiger partial charge >= 0.3 is 0 Å². The summed E-state index contributed by atoms with van der Waals surface area (Å²) in [7, 11) is 0. The van der Waals surface area contributed by atoms with Crippen LogP contribution < -0.4 is 10.4 Å². The Kier molecular flexibility index (Phi) is 3.86. The number of amides is 1. The highest BCUT2D eigenvalue weighted by Gasteiger charge is 2.54. The highest BCUT2D eigenvalue weighted by Crippen LogP contribution is 2.55. The lowest BCUT2D eigenvalue weighted by Crippen LogP contribution is -2.49. The van der Waals surface area contributed by atoms with Crippen LogP contribution >= 0.6 is 0 Å². The molecule has 1 fully saturated rings. The first-order valence-electron chi connectivity index (χ1n) is 8.27. The number of carboxylic acids is 1. The van der Waals surface area contributed by atoms with E-state index in [1.807, 2.05) is 56.3 Å². The van der Waals surface area contributed by atoms with Gasteiger partial charge in [-0.15, -0.1) is 0 Å². The Hall–Kier alpha value is -2.36. The molecule has 0 unspecified atom stereocenters. The summed E-state index contributed by atoms with van der Waals surface area (Å²) in [6.07, 6.45) is 1.01.